The van der Waals surface area contributed by atoms with Crippen LogP contribution in [-0.4, -0.2) is 18.6 Å². The lowest BCUT2D eigenvalue weighted by molar-refractivity contribution is 0.450. The molecule has 0 heterocycles. The highest BCUT2D eigenvalue weighted by atomic mass is 35.5. The Kier molecular flexibility index (Phi) is 4.94. The van der Waals surface area contributed by atoms with Crippen molar-refractivity contribution in [3.8, 4) is 17.6 Å². The van der Waals surface area contributed by atoms with E-state index in [1.54, 1.807) is 30.3 Å². The maximum atomic E-state index is 12.3. The highest BCUT2D eigenvalue weighted by Gasteiger charge is 2.19. The van der Waals surface area contributed by atoms with Crippen LogP contribution in [0.4, 0.5) is 0 Å². The number of aromatic hydroxyl groups is 2. The predicted molar refractivity (Wildman–Crippen MR) is 87.4 cm³/mol. The summed E-state index contributed by atoms with van der Waals surface area (Å²) in [5, 5.41) is 28.6. The molecule has 23 heavy (non-hydrogen) atoms. The fraction of sp³-hybridized carbons (Fsp3) is 0.0625. The third-order valence-corrected chi connectivity index (χ3v) is 4.86. The van der Waals surface area contributed by atoms with E-state index in [9.17, 15) is 18.6 Å². The van der Waals surface area contributed by atoms with Crippen LogP contribution in [0.5, 0.6) is 11.5 Å². The average molecular weight is 350 g/mol. The fourth-order valence-electron chi connectivity index (χ4n) is 1.86. The molecule has 0 saturated carbocycles. The Balaban J connectivity index is 2.37. The third kappa shape index (κ3) is 4.25. The van der Waals surface area contributed by atoms with Gasteiger partial charge in [0.1, 0.15) is 22.5 Å². The highest BCUT2D eigenvalue weighted by molar-refractivity contribution is 7.95. The van der Waals surface area contributed by atoms with E-state index < -0.39 is 14.7 Å². The molecule has 0 amide bonds. The molecule has 0 bridgehead atoms. The van der Waals surface area contributed by atoms with Crippen molar-refractivity contribution in [1.29, 1.82) is 5.26 Å². The molecule has 2 aromatic rings. The minimum absolute atomic E-state index is 0.124. The number of rotatable bonds is 4. The Morgan fingerprint density at radius 3 is 2.39 bits per heavy atom. The number of nitrogens with zero attached hydrogens (tertiary/aromatic N) is 1. The van der Waals surface area contributed by atoms with Gasteiger partial charge in [0.2, 0.25) is 0 Å². The van der Waals surface area contributed by atoms with Gasteiger partial charge in [-0.3, -0.25) is 0 Å². The molecule has 0 aliphatic carbocycles. The van der Waals surface area contributed by atoms with Gasteiger partial charge in [-0.05, 0) is 35.9 Å². The monoisotopic (exact) mass is 349 g/mol. The van der Waals surface area contributed by atoms with Crippen LogP contribution in [0.25, 0.3) is 6.08 Å². The Bertz CT molecular complexity index is 897. The number of allylic oxidation sites excluding steroid dienone is 1. The Labute approximate surface area is 138 Å². The van der Waals surface area contributed by atoms with Crippen LogP contribution in [-0.2, 0) is 15.6 Å². The molecule has 0 aliphatic rings. The zero-order valence-electron chi connectivity index (χ0n) is 11.8. The zero-order valence-corrected chi connectivity index (χ0v) is 13.3. The second kappa shape index (κ2) is 6.73. The summed E-state index contributed by atoms with van der Waals surface area (Å²) in [6, 6.07) is 11.6. The fourth-order valence-corrected chi connectivity index (χ4v) is 3.22. The number of sulfone groups is 1. The van der Waals surface area contributed by atoms with Gasteiger partial charge in [0.05, 0.1) is 5.75 Å². The first-order chi connectivity index (χ1) is 10.8. The smallest absolute Gasteiger partial charge is 0.192 e. The number of phenols is 2. The van der Waals surface area contributed by atoms with Crippen molar-refractivity contribution in [2.75, 3.05) is 0 Å². The molecule has 2 rings (SSSR count). The summed E-state index contributed by atoms with van der Waals surface area (Å²) in [7, 11) is -3.88. The number of hydrogen-bond donors (Lipinski definition) is 2. The Morgan fingerprint density at radius 1 is 1.17 bits per heavy atom. The van der Waals surface area contributed by atoms with Gasteiger partial charge >= 0.3 is 0 Å². The molecule has 0 atom stereocenters. The van der Waals surface area contributed by atoms with Crippen LogP contribution in [0.15, 0.2) is 47.4 Å². The zero-order chi connectivity index (χ0) is 17.0. The second-order valence-corrected chi connectivity index (χ2v) is 7.14. The van der Waals surface area contributed by atoms with Gasteiger partial charge in [0.15, 0.2) is 9.84 Å². The first kappa shape index (κ1) is 16.9. The maximum absolute atomic E-state index is 12.3. The van der Waals surface area contributed by atoms with E-state index in [2.05, 4.69) is 0 Å². The molecule has 2 N–H and O–H groups in total. The second-order valence-electron chi connectivity index (χ2n) is 4.75. The normalized spacial score (nSPS) is 11.9. The Hall–Kier alpha value is -2.49. The van der Waals surface area contributed by atoms with E-state index in [0.29, 0.717) is 10.6 Å². The van der Waals surface area contributed by atoms with E-state index in [-0.39, 0.29) is 22.8 Å². The molecule has 118 valence electrons. The molecular weight excluding hydrogens is 338 g/mol. The van der Waals surface area contributed by atoms with Crippen LogP contribution in [0.2, 0.25) is 5.02 Å². The molecule has 0 radical (unpaired) electrons. The van der Waals surface area contributed by atoms with Crippen molar-refractivity contribution >= 4 is 27.5 Å². The van der Waals surface area contributed by atoms with Crippen molar-refractivity contribution < 1.29 is 18.6 Å². The van der Waals surface area contributed by atoms with Crippen molar-refractivity contribution in [3.05, 3.63) is 63.5 Å². The predicted octanol–water partition coefficient (Wildman–Crippen LogP) is 3.23. The quantitative estimate of drug-likeness (QED) is 0.826. The number of hydrogen-bond acceptors (Lipinski definition) is 5. The van der Waals surface area contributed by atoms with Gasteiger partial charge in [-0.15, -0.1) is 0 Å². The number of halogens is 1. The van der Waals surface area contributed by atoms with Crippen LogP contribution in [0, 0.1) is 11.3 Å². The van der Waals surface area contributed by atoms with Crippen molar-refractivity contribution in [3.63, 3.8) is 0 Å². The molecule has 0 aromatic heterocycles. The van der Waals surface area contributed by atoms with E-state index in [1.165, 1.54) is 12.1 Å². The van der Waals surface area contributed by atoms with E-state index in [4.69, 9.17) is 16.9 Å². The summed E-state index contributed by atoms with van der Waals surface area (Å²) >= 11 is 5.75. The molecule has 0 saturated heterocycles. The molecule has 0 aliphatic heterocycles. The van der Waals surface area contributed by atoms with Crippen LogP contribution >= 0.6 is 11.6 Å². The van der Waals surface area contributed by atoms with Crippen molar-refractivity contribution in [2.24, 2.45) is 0 Å². The molecule has 7 heteroatoms. The largest absolute Gasteiger partial charge is 0.508 e. The highest BCUT2D eigenvalue weighted by Crippen LogP contribution is 2.26. The van der Waals surface area contributed by atoms with Gasteiger partial charge in [0, 0.05) is 16.7 Å². The van der Waals surface area contributed by atoms with Gasteiger partial charge in [0.25, 0.3) is 0 Å². The lowest BCUT2D eigenvalue weighted by Crippen LogP contribution is -2.06. The summed E-state index contributed by atoms with van der Waals surface area (Å²) in [6.07, 6.45) is 1.07. The van der Waals surface area contributed by atoms with Crippen LogP contribution in [0.1, 0.15) is 11.1 Å². The SMILES string of the molecule is N#C/C(=C/c1ccc(O)cc1O)S(=O)(=O)Cc1ccc(Cl)cc1. The molecular formula is C16H12ClNO4S. The maximum Gasteiger partial charge on any atom is 0.192 e. The van der Waals surface area contributed by atoms with Crippen LogP contribution < -0.4 is 0 Å². The lowest BCUT2D eigenvalue weighted by atomic mass is 10.2. The van der Waals surface area contributed by atoms with Gasteiger partial charge < -0.3 is 10.2 Å². The molecule has 0 fully saturated rings. The first-order valence-electron chi connectivity index (χ1n) is 6.43. The average Bonchev–Trinajstić information content (AvgIpc) is 2.48. The molecule has 2 aromatic carbocycles. The standard InChI is InChI=1S/C16H12ClNO4S/c17-13-4-1-11(2-5-13)10-23(21,22)15(9-18)7-12-3-6-14(19)8-16(12)20/h1-8,19-20H,10H2/b15-7-. The van der Waals surface area contributed by atoms with Crippen LogP contribution in [0.3, 0.4) is 0 Å². The van der Waals surface area contributed by atoms with Crippen molar-refractivity contribution in [1.82, 2.24) is 0 Å². The van der Waals surface area contributed by atoms with E-state index >= 15 is 0 Å². The molecule has 0 spiro atoms. The number of nitriles is 1. The van der Waals surface area contributed by atoms with E-state index in [0.717, 1.165) is 12.1 Å². The van der Waals surface area contributed by atoms with Gasteiger partial charge in [-0.25, -0.2) is 8.42 Å². The lowest BCUT2D eigenvalue weighted by Gasteiger charge is -2.05. The first-order valence-corrected chi connectivity index (χ1v) is 8.46. The number of phenolic OH excluding ortho intramolecular Hbond substituents is 2. The topological polar surface area (TPSA) is 98.4 Å². The Morgan fingerprint density at radius 2 is 1.83 bits per heavy atom. The number of benzene rings is 2. The molecule has 5 nitrogen and oxygen atoms in total. The summed E-state index contributed by atoms with van der Waals surface area (Å²) in [4.78, 5) is -0.478. The third-order valence-electron chi connectivity index (χ3n) is 3.02. The van der Waals surface area contributed by atoms with Crippen molar-refractivity contribution in [2.45, 2.75) is 5.75 Å². The summed E-state index contributed by atoms with van der Waals surface area (Å²) in [5.74, 6) is -0.843. The summed E-state index contributed by atoms with van der Waals surface area (Å²) < 4.78 is 24.7. The van der Waals surface area contributed by atoms with Gasteiger partial charge in [-0.1, -0.05) is 23.7 Å². The minimum atomic E-state index is -3.88. The van der Waals surface area contributed by atoms with E-state index in [1.807, 2.05) is 0 Å². The van der Waals surface area contributed by atoms with Gasteiger partial charge in [-0.2, -0.15) is 5.26 Å². The summed E-state index contributed by atoms with van der Waals surface area (Å²) in [6.45, 7) is 0. The summed E-state index contributed by atoms with van der Waals surface area (Å²) in [5.41, 5.74) is 0.615. The molecule has 0 unspecified atom stereocenters. The minimum Gasteiger partial charge on any atom is -0.508 e.